The molecule has 1 fully saturated rings. The number of hydrogen-bond donors (Lipinski definition) is 1. The number of aliphatic hydroxyl groups excluding tert-OH is 1. The fourth-order valence-corrected chi connectivity index (χ4v) is 5.12. The molecule has 1 N–H and O–H groups in total. The molecule has 0 spiro atoms. The first kappa shape index (κ1) is 21.2. The van der Waals surface area contributed by atoms with Crippen molar-refractivity contribution in [3.63, 3.8) is 0 Å². The van der Waals surface area contributed by atoms with Crippen molar-refractivity contribution in [3.8, 4) is 5.75 Å². The lowest BCUT2D eigenvalue weighted by atomic mass is 10.00. The molecule has 5 rings (SSSR count). The van der Waals surface area contributed by atoms with E-state index >= 15 is 0 Å². The molecule has 0 bridgehead atoms. The van der Waals surface area contributed by atoms with E-state index in [0.29, 0.717) is 17.9 Å². The van der Waals surface area contributed by atoms with Gasteiger partial charge in [0, 0.05) is 33.0 Å². The van der Waals surface area contributed by atoms with Gasteiger partial charge in [-0.25, -0.2) is 4.98 Å². The molecule has 7 heteroatoms. The molecule has 1 aromatic heterocycles. The van der Waals surface area contributed by atoms with Crippen LogP contribution in [0.1, 0.15) is 57.2 Å². The summed E-state index contributed by atoms with van der Waals surface area (Å²) in [7, 11) is 1.73. The highest BCUT2D eigenvalue weighted by atomic mass is 16.5. The average molecular weight is 438 g/mol. The second kappa shape index (κ2) is 8.37. The topological polar surface area (TPSA) is 75.1 Å². The number of benzene rings is 1. The zero-order chi connectivity index (χ0) is 22.4. The van der Waals surface area contributed by atoms with Gasteiger partial charge in [-0.1, -0.05) is 6.07 Å². The Morgan fingerprint density at radius 1 is 1.19 bits per heavy atom. The minimum Gasteiger partial charge on any atom is -0.490 e. The molecule has 1 aromatic carbocycles. The summed E-state index contributed by atoms with van der Waals surface area (Å²) in [5, 5.41) is 9.84. The number of fused-ring (bicyclic) bond motifs is 2. The number of ether oxygens (including phenoxy) is 2. The van der Waals surface area contributed by atoms with Gasteiger partial charge in [-0.2, -0.15) is 0 Å². The summed E-state index contributed by atoms with van der Waals surface area (Å²) in [6.45, 7) is 7.08. The van der Waals surface area contributed by atoms with Gasteiger partial charge in [0.1, 0.15) is 17.7 Å². The van der Waals surface area contributed by atoms with Crippen molar-refractivity contribution in [2.75, 3.05) is 38.3 Å². The maximum atomic E-state index is 12.7. The number of anilines is 1. The van der Waals surface area contributed by atoms with Crippen LogP contribution in [0.4, 0.5) is 5.82 Å². The molecule has 0 unspecified atom stereocenters. The Morgan fingerprint density at radius 3 is 2.72 bits per heavy atom. The molecule has 0 saturated carbocycles. The quantitative estimate of drug-likeness (QED) is 0.793. The van der Waals surface area contributed by atoms with Crippen molar-refractivity contribution in [1.82, 2.24) is 9.88 Å². The molecule has 4 heterocycles. The fourth-order valence-electron chi connectivity index (χ4n) is 5.12. The van der Waals surface area contributed by atoms with E-state index in [1.807, 2.05) is 13.8 Å². The molecule has 1 saturated heterocycles. The summed E-state index contributed by atoms with van der Waals surface area (Å²) in [5.74, 6) is 1.82. The van der Waals surface area contributed by atoms with E-state index in [-0.39, 0.29) is 24.7 Å². The van der Waals surface area contributed by atoms with Crippen molar-refractivity contribution in [1.29, 1.82) is 0 Å². The molecule has 0 radical (unpaired) electrons. The van der Waals surface area contributed by atoms with Crippen LogP contribution in [0.5, 0.6) is 5.75 Å². The van der Waals surface area contributed by atoms with E-state index in [1.54, 1.807) is 11.9 Å². The SMILES string of the molecule is Cc1c(N2CCC(Oc3ccc4c(c3)CCOC4)CC2)nc2c(c1C)C(=O)N(C)[C@H]2CO. The van der Waals surface area contributed by atoms with Crippen LogP contribution in [0.15, 0.2) is 18.2 Å². The van der Waals surface area contributed by atoms with Gasteiger partial charge in [0.15, 0.2) is 0 Å². The van der Waals surface area contributed by atoms with E-state index in [9.17, 15) is 9.90 Å². The number of aliphatic hydroxyl groups is 1. The molecule has 1 amide bonds. The van der Waals surface area contributed by atoms with Gasteiger partial charge in [0.05, 0.1) is 37.1 Å². The molecule has 3 aliphatic heterocycles. The molecule has 0 aliphatic carbocycles. The maximum absolute atomic E-state index is 12.7. The van der Waals surface area contributed by atoms with Crippen molar-refractivity contribution >= 4 is 11.7 Å². The molecule has 7 nitrogen and oxygen atoms in total. The van der Waals surface area contributed by atoms with Crippen LogP contribution < -0.4 is 9.64 Å². The van der Waals surface area contributed by atoms with Gasteiger partial charge in [-0.15, -0.1) is 0 Å². The zero-order valence-corrected chi connectivity index (χ0v) is 19.1. The third-order valence-corrected chi connectivity index (χ3v) is 7.24. The number of likely N-dealkylation sites (N-methyl/N-ethyl adjacent to an activating group) is 1. The molecular weight excluding hydrogens is 406 g/mol. The first-order valence-corrected chi connectivity index (χ1v) is 11.5. The Balaban J connectivity index is 1.30. The first-order chi connectivity index (χ1) is 15.5. The van der Waals surface area contributed by atoms with Crippen LogP contribution in [0.25, 0.3) is 0 Å². The Labute approximate surface area is 189 Å². The Morgan fingerprint density at radius 2 is 1.97 bits per heavy atom. The van der Waals surface area contributed by atoms with Gasteiger partial charge in [-0.3, -0.25) is 4.79 Å². The Bertz CT molecular complexity index is 1050. The van der Waals surface area contributed by atoms with Gasteiger partial charge >= 0.3 is 0 Å². The molecule has 170 valence electrons. The summed E-state index contributed by atoms with van der Waals surface area (Å²) < 4.78 is 11.8. The number of aromatic nitrogens is 1. The largest absolute Gasteiger partial charge is 0.490 e. The number of piperidine rings is 1. The van der Waals surface area contributed by atoms with E-state index < -0.39 is 0 Å². The normalized spacial score (nSPS) is 21.0. The van der Waals surface area contributed by atoms with Gasteiger partial charge in [0.2, 0.25) is 0 Å². The first-order valence-electron chi connectivity index (χ1n) is 11.5. The molecular formula is C25H31N3O4. The van der Waals surface area contributed by atoms with Crippen molar-refractivity contribution in [3.05, 3.63) is 51.7 Å². The summed E-state index contributed by atoms with van der Waals surface area (Å²) in [6.07, 6.45) is 2.96. The number of nitrogens with zero attached hydrogens (tertiary/aromatic N) is 3. The van der Waals surface area contributed by atoms with Crippen LogP contribution in [-0.2, 0) is 17.8 Å². The van der Waals surface area contributed by atoms with Gasteiger partial charge in [-0.05, 0) is 54.7 Å². The minimum absolute atomic E-state index is 0.0533. The number of pyridine rings is 1. The summed E-state index contributed by atoms with van der Waals surface area (Å²) in [5.41, 5.74) is 5.96. The fraction of sp³-hybridized carbons (Fsp3) is 0.520. The van der Waals surface area contributed by atoms with Gasteiger partial charge in [0.25, 0.3) is 5.91 Å². The lowest BCUT2D eigenvalue weighted by molar-refractivity contribution is 0.0714. The standard InChI is InChI=1S/C25H31N3O4/c1-15-16(2)24(26-23-21(13-29)27(3)25(30)22(15)23)28-9-6-19(7-10-28)32-20-5-4-18-14-31-11-8-17(18)12-20/h4-5,12,19,21,29H,6-11,13-14H2,1-3H3/t21-/m0/s1. The third-order valence-electron chi connectivity index (χ3n) is 7.24. The minimum atomic E-state index is -0.370. The Kier molecular flexibility index (Phi) is 5.55. The lowest BCUT2D eigenvalue weighted by Crippen LogP contribution is -2.39. The highest BCUT2D eigenvalue weighted by molar-refractivity contribution is 6.00. The number of rotatable bonds is 4. The summed E-state index contributed by atoms with van der Waals surface area (Å²) in [6, 6.07) is 5.97. The van der Waals surface area contributed by atoms with Crippen molar-refractivity contribution < 1.29 is 19.4 Å². The average Bonchev–Trinajstić information content (AvgIpc) is 3.06. The number of carbonyl (C=O) groups excluding carboxylic acids is 1. The van der Waals surface area contributed by atoms with E-state index in [4.69, 9.17) is 14.5 Å². The van der Waals surface area contributed by atoms with Crippen molar-refractivity contribution in [2.45, 2.75) is 51.9 Å². The number of amides is 1. The monoisotopic (exact) mass is 437 g/mol. The van der Waals surface area contributed by atoms with E-state index in [1.165, 1.54) is 11.1 Å². The smallest absolute Gasteiger partial charge is 0.256 e. The van der Waals surface area contributed by atoms with Crippen molar-refractivity contribution in [2.24, 2.45) is 0 Å². The molecule has 1 atom stereocenters. The number of carbonyl (C=O) groups is 1. The van der Waals surface area contributed by atoms with E-state index in [2.05, 4.69) is 23.1 Å². The zero-order valence-electron chi connectivity index (χ0n) is 19.1. The maximum Gasteiger partial charge on any atom is 0.256 e. The predicted molar refractivity (Wildman–Crippen MR) is 121 cm³/mol. The van der Waals surface area contributed by atoms with Crippen LogP contribution in [-0.4, -0.2) is 60.4 Å². The van der Waals surface area contributed by atoms with Crippen LogP contribution in [0.3, 0.4) is 0 Å². The predicted octanol–water partition coefficient (Wildman–Crippen LogP) is 2.94. The summed E-state index contributed by atoms with van der Waals surface area (Å²) in [4.78, 5) is 21.5. The highest BCUT2D eigenvalue weighted by Gasteiger charge is 2.38. The lowest BCUT2D eigenvalue weighted by Gasteiger charge is -2.34. The van der Waals surface area contributed by atoms with E-state index in [0.717, 1.165) is 61.7 Å². The second-order valence-corrected chi connectivity index (χ2v) is 9.10. The molecule has 32 heavy (non-hydrogen) atoms. The number of hydrogen-bond acceptors (Lipinski definition) is 6. The Hall–Kier alpha value is -2.64. The molecule has 3 aliphatic rings. The molecule has 2 aromatic rings. The third kappa shape index (κ3) is 3.53. The highest BCUT2D eigenvalue weighted by Crippen LogP contribution is 2.37. The van der Waals surface area contributed by atoms with Crippen LogP contribution >= 0.6 is 0 Å². The second-order valence-electron chi connectivity index (χ2n) is 9.10. The van der Waals surface area contributed by atoms with Crippen LogP contribution in [0, 0.1) is 13.8 Å². The van der Waals surface area contributed by atoms with Gasteiger partial charge < -0.3 is 24.4 Å². The summed E-state index contributed by atoms with van der Waals surface area (Å²) >= 11 is 0. The van der Waals surface area contributed by atoms with Crippen LogP contribution in [0.2, 0.25) is 0 Å².